The van der Waals surface area contributed by atoms with Gasteiger partial charge in [-0.3, -0.25) is 10.0 Å². The number of nitrogens with zero attached hydrogens (tertiary/aromatic N) is 1. The zero-order chi connectivity index (χ0) is 5.86. The fourth-order valence-corrected chi connectivity index (χ4v) is 0.122. The monoisotopic (exact) mass is 103 g/mol. The Morgan fingerprint density at radius 2 is 2.14 bits per heavy atom. The van der Waals surface area contributed by atoms with Crippen LogP contribution in [0.2, 0.25) is 0 Å². The Labute approximate surface area is 42.5 Å². The topological polar surface area (TPSA) is 40.5 Å². The van der Waals surface area contributed by atoms with Crippen LogP contribution in [0.4, 0.5) is 0 Å². The Morgan fingerprint density at radius 1 is 1.71 bits per heavy atom. The van der Waals surface area contributed by atoms with Gasteiger partial charge in [-0.05, 0) is 13.8 Å². The van der Waals surface area contributed by atoms with Gasteiger partial charge in [0, 0.05) is 0 Å². The standard InChI is InChI=1S/C4H9NO2/c1-4(2)5(7)3-6/h3-4,7H,1-2H3. The highest BCUT2D eigenvalue weighted by Crippen LogP contribution is 1.84. The maximum Gasteiger partial charge on any atom is 0.233 e. The molecule has 0 heterocycles. The summed E-state index contributed by atoms with van der Waals surface area (Å²) in [5.41, 5.74) is 0. The third-order valence-corrected chi connectivity index (χ3v) is 0.637. The minimum absolute atomic E-state index is 0.113. The number of hydrogen-bond donors (Lipinski definition) is 1. The summed E-state index contributed by atoms with van der Waals surface area (Å²) in [6, 6.07) is -0.113. The maximum atomic E-state index is 9.62. The summed E-state index contributed by atoms with van der Waals surface area (Å²) in [4.78, 5) is 9.62. The predicted octanol–water partition coefficient (Wildman–Crippen LogP) is 0.242. The fourth-order valence-electron chi connectivity index (χ4n) is 0.122. The summed E-state index contributed by atoms with van der Waals surface area (Å²) < 4.78 is 0. The van der Waals surface area contributed by atoms with Crippen molar-refractivity contribution in [1.29, 1.82) is 0 Å². The van der Waals surface area contributed by atoms with Gasteiger partial charge in [0.1, 0.15) is 0 Å². The van der Waals surface area contributed by atoms with Crippen LogP contribution in [-0.4, -0.2) is 22.7 Å². The normalized spacial score (nSPS) is 9.14. The second-order valence-corrected chi connectivity index (χ2v) is 1.58. The van der Waals surface area contributed by atoms with Crippen molar-refractivity contribution >= 4 is 6.41 Å². The molecule has 0 spiro atoms. The van der Waals surface area contributed by atoms with Crippen LogP contribution in [-0.2, 0) is 4.79 Å². The van der Waals surface area contributed by atoms with E-state index in [0.29, 0.717) is 11.5 Å². The van der Waals surface area contributed by atoms with Gasteiger partial charge < -0.3 is 0 Å². The summed E-state index contributed by atoms with van der Waals surface area (Å²) in [5, 5.41) is 9.01. The van der Waals surface area contributed by atoms with Gasteiger partial charge in [-0.2, -0.15) is 0 Å². The first kappa shape index (κ1) is 6.43. The minimum Gasteiger partial charge on any atom is -0.286 e. The van der Waals surface area contributed by atoms with Gasteiger partial charge in [-0.15, -0.1) is 0 Å². The van der Waals surface area contributed by atoms with E-state index in [1.54, 1.807) is 13.8 Å². The van der Waals surface area contributed by atoms with Crippen molar-refractivity contribution in [3.8, 4) is 0 Å². The Balaban J connectivity index is 3.33. The highest BCUT2D eigenvalue weighted by Gasteiger charge is 1.97. The number of carbonyl (C=O) groups excluding carboxylic acids is 1. The van der Waals surface area contributed by atoms with Crippen LogP contribution in [0.15, 0.2) is 0 Å². The Hall–Kier alpha value is -0.570. The van der Waals surface area contributed by atoms with Crippen molar-refractivity contribution in [1.82, 2.24) is 5.06 Å². The lowest BCUT2D eigenvalue weighted by molar-refractivity contribution is -0.156. The van der Waals surface area contributed by atoms with Crippen molar-refractivity contribution in [2.24, 2.45) is 0 Å². The molecule has 0 bridgehead atoms. The molecule has 0 aromatic carbocycles. The molecule has 0 aliphatic carbocycles. The molecule has 0 radical (unpaired) electrons. The molecule has 0 aromatic rings. The van der Waals surface area contributed by atoms with Gasteiger partial charge in [0.25, 0.3) is 0 Å². The highest BCUT2D eigenvalue weighted by atomic mass is 16.5. The van der Waals surface area contributed by atoms with E-state index in [9.17, 15) is 4.79 Å². The van der Waals surface area contributed by atoms with Gasteiger partial charge in [-0.1, -0.05) is 0 Å². The van der Waals surface area contributed by atoms with Crippen LogP contribution in [0.25, 0.3) is 0 Å². The van der Waals surface area contributed by atoms with E-state index < -0.39 is 0 Å². The number of hydrogen-bond acceptors (Lipinski definition) is 2. The molecular formula is C4H9NO2. The summed E-state index contributed by atoms with van der Waals surface area (Å²) in [6.45, 7) is 3.43. The van der Waals surface area contributed by atoms with E-state index in [2.05, 4.69) is 0 Å². The molecule has 1 amide bonds. The van der Waals surface area contributed by atoms with Crippen molar-refractivity contribution in [2.45, 2.75) is 19.9 Å². The van der Waals surface area contributed by atoms with Crippen molar-refractivity contribution in [3.63, 3.8) is 0 Å². The zero-order valence-electron chi connectivity index (χ0n) is 4.46. The lowest BCUT2D eigenvalue weighted by atomic mass is 10.4. The molecule has 1 N–H and O–H groups in total. The van der Waals surface area contributed by atoms with Crippen molar-refractivity contribution in [2.75, 3.05) is 0 Å². The largest absolute Gasteiger partial charge is 0.286 e. The number of rotatable bonds is 2. The van der Waals surface area contributed by atoms with Crippen LogP contribution in [0.1, 0.15) is 13.8 Å². The molecule has 0 rings (SSSR count). The highest BCUT2D eigenvalue weighted by molar-refractivity contribution is 5.44. The molecule has 0 aromatic heterocycles. The molecule has 0 aliphatic heterocycles. The van der Waals surface area contributed by atoms with Gasteiger partial charge in [-0.25, -0.2) is 5.06 Å². The van der Waals surface area contributed by atoms with Crippen LogP contribution in [0.5, 0.6) is 0 Å². The zero-order valence-corrected chi connectivity index (χ0v) is 4.46. The van der Waals surface area contributed by atoms with Gasteiger partial charge >= 0.3 is 0 Å². The molecule has 0 saturated carbocycles. The van der Waals surface area contributed by atoms with Crippen molar-refractivity contribution < 1.29 is 10.0 Å². The third-order valence-electron chi connectivity index (χ3n) is 0.637. The van der Waals surface area contributed by atoms with Gasteiger partial charge in [0.15, 0.2) is 0 Å². The predicted molar refractivity (Wildman–Crippen MR) is 24.8 cm³/mol. The molecular weight excluding hydrogens is 94.0 g/mol. The van der Waals surface area contributed by atoms with Crippen LogP contribution >= 0.6 is 0 Å². The van der Waals surface area contributed by atoms with E-state index in [0.717, 1.165) is 0 Å². The molecule has 0 saturated heterocycles. The number of carbonyl (C=O) groups is 1. The molecule has 3 nitrogen and oxygen atoms in total. The number of hydroxylamine groups is 2. The lowest BCUT2D eigenvalue weighted by Crippen LogP contribution is -2.24. The molecule has 3 heteroatoms. The summed E-state index contributed by atoms with van der Waals surface area (Å²) >= 11 is 0. The molecule has 0 aliphatic rings. The average Bonchev–Trinajstić information content (AvgIpc) is 1.65. The summed E-state index contributed by atoms with van der Waals surface area (Å²) in [6.07, 6.45) is 0.380. The molecule has 0 unspecified atom stereocenters. The lowest BCUT2D eigenvalue weighted by Gasteiger charge is -2.10. The van der Waals surface area contributed by atoms with Gasteiger partial charge in [0.05, 0.1) is 6.04 Å². The fraction of sp³-hybridized carbons (Fsp3) is 0.750. The molecule has 42 valence electrons. The Morgan fingerprint density at radius 3 is 2.14 bits per heavy atom. The second kappa shape index (κ2) is 2.58. The quantitative estimate of drug-likeness (QED) is 0.309. The van der Waals surface area contributed by atoms with E-state index >= 15 is 0 Å². The second-order valence-electron chi connectivity index (χ2n) is 1.58. The smallest absolute Gasteiger partial charge is 0.233 e. The molecule has 7 heavy (non-hydrogen) atoms. The van der Waals surface area contributed by atoms with Gasteiger partial charge in [0.2, 0.25) is 6.41 Å². The first-order valence-corrected chi connectivity index (χ1v) is 2.11. The average molecular weight is 103 g/mol. The van der Waals surface area contributed by atoms with E-state index in [4.69, 9.17) is 5.21 Å². The van der Waals surface area contributed by atoms with Crippen LogP contribution < -0.4 is 0 Å². The van der Waals surface area contributed by atoms with E-state index in [1.165, 1.54) is 0 Å². The minimum atomic E-state index is -0.113. The first-order chi connectivity index (χ1) is 3.18. The molecule has 0 atom stereocenters. The maximum absolute atomic E-state index is 9.62. The third kappa shape index (κ3) is 2.17. The van der Waals surface area contributed by atoms with E-state index in [1.807, 2.05) is 0 Å². The van der Waals surface area contributed by atoms with E-state index in [-0.39, 0.29) is 6.04 Å². The Kier molecular flexibility index (Phi) is 2.37. The van der Waals surface area contributed by atoms with Crippen LogP contribution in [0, 0.1) is 0 Å². The van der Waals surface area contributed by atoms with Crippen LogP contribution in [0.3, 0.4) is 0 Å². The first-order valence-electron chi connectivity index (χ1n) is 2.11. The van der Waals surface area contributed by atoms with Crippen molar-refractivity contribution in [3.05, 3.63) is 0 Å². The summed E-state index contributed by atoms with van der Waals surface area (Å²) in [5.74, 6) is 0. The molecule has 0 fully saturated rings. The SMILES string of the molecule is CC(C)N(O)C=O. The Bertz CT molecular complexity index is 62.7. The number of amides is 1. The summed E-state index contributed by atoms with van der Waals surface area (Å²) in [7, 11) is 0.